The van der Waals surface area contributed by atoms with Gasteiger partial charge in [0.1, 0.15) is 24.0 Å². The van der Waals surface area contributed by atoms with E-state index in [0.717, 1.165) is 6.39 Å². The molecule has 0 aliphatic heterocycles. The van der Waals surface area contributed by atoms with Gasteiger partial charge >= 0.3 is 0 Å². The molecule has 1 aromatic heterocycles. The highest BCUT2D eigenvalue weighted by Gasteiger charge is 2.22. The van der Waals surface area contributed by atoms with Crippen LogP contribution in [0.2, 0.25) is 0 Å². The molecule has 0 radical (unpaired) electrons. The third kappa shape index (κ3) is 5.29. The molecule has 0 saturated carbocycles. The van der Waals surface area contributed by atoms with Crippen molar-refractivity contribution in [3.8, 4) is 0 Å². The summed E-state index contributed by atoms with van der Waals surface area (Å²) in [6, 6.07) is 5.51. The summed E-state index contributed by atoms with van der Waals surface area (Å²) < 4.78 is 34.2. The van der Waals surface area contributed by atoms with Crippen LogP contribution in [0.15, 0.2) is 35.1 Å². The monoisotopic (exact) mass is 423 g/mol. The number of amides is 1. The van der Waals surface area contributed by atoms with Gasteiger partial charge in [0.15, 0.2) is 17.8 Å². The van der Waals surface area contributed by atoms with Crippen molar-refractivity contribution in [3.63, 3.8) is 0 Å². The van der Waals surface area contributed by atoms with Crippen LogP contribution in [0.25, 0.3) is 11.1 Å². The second kappa shape index (κ2) is 10.6. The molecular formula is C20H23F2N3O5. The molecule has 30 heavy (non-hydrogen) atoms. The summed E-state index contributed by atoms with van der Waals surface area (Å²) in [7, 11) is 0. The summed E-state index contributed by atoms with van der Waals surface area (Å²) in [5, 5.41) is 20.6. The zero-order valence-electron chi connectivity index (χ0n) is 16.7. The number of carbonyl (C=O) groups excluding carboxylic acids is 1. The van der Waals surface area contributed by atoms with E-state index in [9.17, 15) is 18.7 Å². The van der Waals surface area contributed by atoms with E-state index >= 15 is 0 Å². The first-order valence-electron chi connectivity index (χ1n) is 9.20. The van der Waals surface area contributed by atoms with Gasteiger partial charge in [-0.3, -0.25) is 9.63 Å². The lowest BCUT2D eigenvalue weighted by molar-refractivity contribution is -0.0295. The predicted molar refractivity (Wildman–Crippen MR) is 106 cm³/mol. The summed E-state index contributed by atoms with van der Waals surface area (Å²) in [6.45, 7) is 4.75. The molecule has 0 aliphatic carbocycles. The number of oxazole rings is 1. The van der Waals surface area contributed by atoms with Crippen molar-refractivity contribution in [3.05, 3.63) is 53.4 Å². The Morgan fingerprint density at radius 3 is 2.70 bits per heavy atom. The number of rotatable bonds is 7. The molecule has 2 aromatic carbocycles. The Balaban J connectivity index is 0.00000155. The Labute approximate surface area is 171 Å². The minimum atomic E-state index is -1.20. The number of nitrogens with zero attached hydrogens (tertiary/aromatic N) is 1. The zero-order chi connectivity index (χ0) is 22.3. The van der Waals surface area contributed by atoms with Crippen LogP contribution in [0, 0.1) is 18.6 Å². The van der Waals surface area contributed by atoms with Gasteiger partial charge in [0.25, 0.3) is 5.91 Å². The molecule has 0 bridgehead atoms. The largest absolute Gasteiger partial charge is 0.443 e. The third-order valence-electron chi connectivity index (χ3n) is 3.85. The van der Waals surface area contributed by atoms with Crippen molar-refractivity contribution in [2.45, 2.75) is 26.9 Å². The highest BCUT2D eigenvalue weighted by Crippen LogP contribution is 2.31. The number of hydrogen-bond acceptors (Lipinski definition) is 7. The van der Waals surface area contributed by atoms with Crippen LogP contribution in [-0.4, -0.2) is 40.4 Å². The first kappa shape index (κ1) is 23.2. The molecule has 1 unspecified atom stereocenters. The van der Waals surface area contributed by atoms with Crippen LogP contribution < -0.4 is 10.8 Å². The second-order valence-electron chi connectivity index (χ2n) is 6.00. The molecule has 8 nitrogen and oxygen atoms in total. The number of carbonyl (C=O) groups is 1. The summed E-state index contributed by atoms with van der Waals surface area (Å²) in [4.78, 5) is 21.0. The topological polar surface area (TPSA) is 117 Å². The first-order chi connectivity index (χ1) is 14.4. The molecule has 3 aromatic rings. The highest BCUT2D eigenvalue weighted by molar-refractivity contribution is 6.03. The molecule has 10 heteroatoms. The van der Waals surface area contributed by atoms with Gasteiger partial charge in [-0.05, 0) is 30.7 Å². The number of halogens is 2. The highest BCUT2D eigenvalue weighted by atomic mass is 19.1. The average molecular weight is 423 g/mol. The summed E-state index contributed by atoms with van der Waals surface area (Å²) in [5.41, 5.74) is 1.96. The standard InChI is InChI=1S/C18H17F2N3O5.C2H6/c1-9-2-3-13(12(19)4-9)22-16-11(18(26)23-28-7-10(25)6-24)5-14-17(15(16)20)21-8-27-14;1-2/h2-5,8,10,22,24-25H,6-7H2,1H3,(H,23,26);1-2H3. The van der Waals surface area contributed by atoms with E-state index < -0.39 is 30.3 Å². The zero-order valence-corrected chi connectivity index (χ0v) is 16.7. The van der Waals surface area contributed by atoms with E-state index in [0.29, 0.717) is 5.56 Å². The number of aliphatic hydroxyl groups is 2. The van der Waals surface area contributed by atoms with Crippen LogP contribution in [0.5, 0.6) is 0 Å². The molecule has 1 atom stereocenters. The molecule has 0 aliphatic rings. The van der Waals surface area contributed by atoms with Crippen LogP contribution >= 0.6 is 0 Å². The van der Waals surface area contributed by atoms with E-state index in [1.807, 2.05) is 19.3 Å². The predicted octanol–water partition coefficient (Wildman–Crippen LogP) is 3.20. The van der Waals surface area contributed by atoms with Crippen molar-refractivity contribution in [1.82, 2.24) is 10.5 Å². The van der Waals surface area contributed by atoms with Gasteiger partial charge in [-0.15, -0.1) is 0 Å². The molecule has 4 N–H and O–H groups in total. The minimum absolute atomic E-state index is 0.00738. The molecule has 0 saturated heterocycles. The summed E-state index contributed by atoms with van der Waals surface area (Å²) in [6.07, 6.45) is -0.187. The number of nitrogens with one attached hydrogen (secondary N) is 2. The molecule has 162 valence electrons. The SMILES string of the molecule is CC.Cc1ccc(Nc2c(C(=O)NOCC(O)CO)cc3ocnc3c2F)c(F)c1. The maximum Gasteiger partial charge on any atom is 0.277 e. The van der Waals surface area contributed by atoms with Gasteiger partial charge in [-0.2, -0.15) is 0 Å². The Hall–Kier alpha value is -3.08. The van der Waals surface area contributed by atoms with Gasteiger partial charge in [0.2, 0.25) is 0 Å². The van der Waals surface area contributed by atoms with Crippen molar-refractivity contribution in [2.75, 3.05) is 18.5 Å². The van der Waals surface area contributed by atoms with Gasteiger partial charge in [-0.1, -0.05) is 19.9 Å². The normalized spacial score (nSPS) is 11.6. The van der Waals surface area contributed by atoms with E-state index in [1.54, 1.807) is 13.0 Å². The third-order valence-corrected chi connectivity index (χ3v) is 3.85. The van der Waals surface area contributed by atoms with Gasteiger partial charge < -0.3 is 19.9 Å². The van der Waals surface area contributed by atoms with Crippen LogP contribution in [-0.2, 0) is 4.84 Å². The maximum atomic E-state index is 14.9. The van der Waals surface area contributed by atoms with Crippen molar-refractivity contribution in [2.24, 2.45) is 0 Å². The Kier molecular flexibility index (Phi) is 8.22. The van der Waals surface area contributed by atoms with Crippen LogP contribution in [0.3, 0.4) is 0 Å². The minimum Gasteiger partial charge on any atom is -0.443 e. The smallest absolute Gasteiger partial charge is 0.277 e. The fourth-order valence-corrected chi connectivity index (χ4v) is 2.43. The Bertz CT molecular complexity index is 1010. The molecule has 1 heterocycles. The number of aryl methyl sites for hydroxylation is 1. The summed E-state index contributed by atoms with van der Waals surface area (Å²) >= 11 is 0. The quantitative estimate of drug-likeness (QED) is 0.431. The van der Waals surface area contributed by atoms with Crippen molar-refractivity contribution >= 4 is 28.4 Å². The molecule has 3 rings (SSSR count). The number of aromatic nitrogens is 1. The number of anilines is 2. The lowest BCUT2D eigenvalue weighted by Gasteiger charge is -2.15. The second-order valence-corrected chi connectivity index (χ2v) is 6.00. The first-order valence-corrected chi connectivity index (χ1v) is 9.20. The van der Waals surface area contributed by atoms with E-state index in [1.165, 1.54) is 18.2 Å². The lowest BCUT2D eigenvalue weighted by atomic mass is 10.1. The molecule has 1 amide bonds. The molecular weight excluding hydrogens is 400 g/mol. The molecule has 0 spiro atoms. The van der Waals surface area contributed by atoms with Crippen molar-refractivity contribution in [1.29, 1.82) is 0 Å². The molecule has 0 fully saturated rings. The number of hydroxylamine groups is 1. The number of hydrogen-bond donors (Lipinski definition) is 4. The number of fused-ring (bicyclic) bond motifs is 1. The van der Waals surface area contributed by atoms with Gasteiger partial charge in [-0.25, -0.2) is 19.2 Å². The van der Waals surface area contributed by atoms with Gasteiger partial charge in [0, 0.05) is 0 Å². The van der Waals surface area contributed by atoms with Crippen LogP contribution in [0.1, 0.15) is 29.8 Å². The van der Waals surface area contributed by atoms with Crippen molar-refractivity contribution < 1.29 is 33.0 Å². The number of aliphatic hydroxyl groups excluding tert-OH is 2. The number of benzene rings is 2. The fraction of sp³-hybridized carbons (Fsp3) is 0.300. The Morgan fingerprint density at radius 2 is 2.03 bits per heavy atom. The summed E-state index contributed by atoms with van der Waals surface area (Å²) in [5.74, 6) is -2.42. The van der Waals surface area contributed by atoms with E-state index in [2.05, 4.69) is 10.3 Å². The Morgan fingerprint density at radius 1 is 1.30 bits per heavy atom. The maximum absolute atomic E-state index is 14.9. The fourth-order valence-electron chi connectivity index (χ4n) is 2.43. The van der Waals surface area contributed by atoms with E-state index in [4.69, 9.17) is 14.4 Å². The van der Waals surface area contributed by atoms with Gasteiger partial charge in [0.05, 0.1) is 23.5 Å². The lowest BCUT2D eigenvalue weighted by Crippen LogP contribution is -2.30. The average Bonchev–Trinajstić information content (AvgIpc) is 3.21. The van der Waals surface area contributed by atoms with E-state index in [-0.39, 0.29) is 34.6 Å². The van der Waals surface area contributed by atoms with Crippen LogP contribution in [0.4, 0.5) is 20.2 Å².